The molecule has 58 heavy (non-hydrogen) atoms. The Morgan fingerprint density at radius 3 is 1.66 bits per heavy atom. The number of aromatic nitrogens is 1. The largest absolute Gasteiger partial charge is 0.366 e. The standard InChI is InChI=1S/C55H39N3/c1-2-15-36(16-3-1)53-46-26-8-10-28-48(46)54(49-29-11-9-27-47(49)53)40-20-13-21-41(32-40)55-57-51(39-19-12-18-37(31-39)42-22-14-30-56-35-42)34-52(58-55)50-33-38-17-4-5-23-43(38)44-24-6-7-25-45(44)50/h1-35,51,55,57-58H. The normalized spacial score (nSPS) is 15.4. The minimum atomic E-state index is -0.182. The van der Waals surface area contributed by atoms with E-state index in [2.05, 4.69) is 210 Å². The third-order valence-corrected chi connectivity index (χ3v) is 11.8. The SMILES string of the molecule is C1=C(c2cc3ccccc3c3ccccc23)NC(c2cccc(-c3c4ccccc4c(-c4ccccc4)c4ccccc34)c2)NC1c1cccc(-c2cccnc2)c1. The summed E-state index contributed by atoms with van der Waals surface area (Å²) in [6.45, 7) is 0. The lowest BCUT2D eigenvalue weighted by molar-refractivity contribution is 0.443. The van der Waals surface area contributed by atoms with Gasteiger partial charge in [0.2, 0.25) is 0 Å². The zero-order valence-electron chi connectivity index (χ0n) is 31.8. The number of benzene rings is 9. The zero-order chi connectivity index (χ0) is 38.4. The molecular formula is C55H39N3. The van der Waals surface area contributed by atoms with E-state index in [0.29, 0.717) is 0 Å². The quantitative estimate of drug-likeness (QED) is 0.132. The monoisotopic (exact) mass is 741 g/mol. The maximum absolute atomic E-state index is 4.41. The summed E-state index contributed by atoms with van der Waals surface area (Å²) in [6, 6.07) is 70.4. The Kier molecular flexibility index (Phi) is 8.38. The van der Waals surface area contributed by atoms with Crippen LogP contribution in [0.15, 0.2) is 213 Å². The average molecular weight is 742 g/mol. The second-order valence-corrected chi connectivity index (χ2v) is 15.2. The van der Waals surface area contributed by atoms with E-state index in [1.54, 1.807) is 0 Å². The van der Waals surface area contributed by atoms with Crippen LogP contribution in [0.1, 0.15) is 28.9 Å². The first-order valence-electron chi connectivity index (χ1n) is 20.0. The number of nitrogens with one attached hydrogen (secondary N) is 2. The van der Waals surface area contributed by atoms with Gasteiger partial charge in [0, 0.05) is 23.7 Å². The van der Waals surface area contributed by atoms with Crippen molar-refractivity contribution in [3.05, 3.63) is 229 Å². The fourth-order valence-corrected chi connectivity index (χ4v) is 9.13. The number of hydrogen-bond acceptors (Lipinski definition) is 3. The second-order valence-electron chi connectivity index (χ2n) is 15.2. The summed E-state index contributed by atoms with van der Waals surface area (Å²) in [4.78, 5) is 4.41. The van der Waals surface area contributed by atoms with Crippen molar-refractivity contribution >= 4 is 48.8 Å². The molecule has 2 atom stereocenters. The molecule has 11 rings (SSSR count). The van der Waals surface area contributed by atoms with E-state index < -0.39 is 0 Å². The van der Waals surface area contributed by atoms with E-state index in [1.807, 2.05) is 18.5 Å². The molecule has 0 bridgehead atoms. The van der Waals surface area contributed by atoms with Gasteiger partial charge in [-0.2, -0.15) is 0 Å². The molecule has 0 aliphatic carbocycles. The van der Waals surface area contributed by atoms with Gasteiger partial charge < -0.3 is 5.32 Å². The maximum atomic E-state index is 4.41. The predicted molar refractivity (Wildman–Crippen MR) is 243 cm³/mol. The van der Waals surface area contributed by atoms with E-state index in [4.69, 9.17) is 0 Å². The van der Waals surface area contributed by atoms with E-state index in [0.717, 1.165) is 16.8 Å². The molecular weight excluding hydrogens is 703 g/mol. The fourth-order valence-electron chi connectivity index (χ4n) is 9.13. The molecule has 3 heteroatoms. The summed E-state index contributed by atoms with van der Waals surface area (Å²) in [5, 5.41) is 18.0. The third-order valence-electron chi connectivity index (χ3n) is 11.8. The van der Waals surface area contributed by atoms with Crippen molar-refractivity contribution in [2.24, 2.45) is 0 Å². The first-order valence-corrected chi connectivity index (χ1v) is 20.0. The van der Waals surface area contributed by atoms with Crippen LogP contribution in [0.2, 0.25) is 0 Å². The van der Waals surface area contributed by atoms with Gasteiger partial charge in [0.15, 0.2) is 0 Å². The molecule has 0 saturated carbocycles. The van der Waals surface area contributed by atoms with Crippen molar-refractivity contribution in [2.45, 2.75) is 12.2 Å². The van der Waals surface area contributed by atoms with Crippen molar-refractivity contribution in [3.8, 4) is 33.4 Å². The Morgan fingerprint density at radius 2 is 0.948 bits per heavy atom. The summed E-state index contributed by atoms with van der Waals surface area (Å²) in [5.41, 5.74) is 11.9. The molecule has 274 valence electrons. The lowest BCUT2D eigenvalue weighted by Crippen LogP contribution is -2.39. The minimum Gasteiger partial charge on any atom is -0.366 e. The summed E-state index contributed by atoms with van der Waals surface area (Å²) in [6.07, 6.45) is 5.94. The summed E-state index contributed by atoms with van der Waals surface area (Å²) in [7, 11) is 0. The highest BCUT2D eigenvalue weighted by molar-refractivity contribution is 6.21. The third kappa shape index (κ3) is 5.92. The minimum absolute atomic E-state index is 0.0708. The Balaban J connectivity index is 1.08. The molecule has 0 spiro atoms. The lowest BCUT2D eigenvalue weighted by atomic mass is 9.85. The van der Waals surface area contributed by atoms with Crippen molar-refractivity contribution in [3.63, 3.8) is 0 Å². The Bertz CT molecular complexity index is 3130. The molecule has 3 nitrogen and oxygen atoms in total. The molecule has 0 fully saturated rings. The lowest BCUT2D eigenvalue weighted by Gasteiger charge is -2.34. The van der Waals surface area contributed by atoms with Gasteiger partial charge in [-0.3, -0.25) is 10.3 Å². The van der Waals surface area contributed by atoms with Crippen LogP contribution in [0.4, 0.5) is 0 Å². The van der Waals surface area contributed by atoms with Crippen molar-refractivity contribution in [2.75, 3.05) is 0 Å². The first-order chi connectivity index (χ1) is 28.8. The number of rotatable bonds is 6. The maximum Gasteiger partial charge on any atom is 0.104 e. The van der Waals surface area contributed by atoms with Crippen LogP contribution in [0.5, 0.6) is 0 Å². The highest BCUT2D eigenvalue weighted by Gasteiger charge is 2.26. The predicted octanol–water partition coefficient (Wildman–Crippen LogP) is 13.7. The molecule has 1 aliphatic heterocycles. The van der Waals surface area contributed by atoms with Crippen LogP contribution >= 0.6 is 0 Å². The Hall–Kier alpha value is -7.33. The molecule has 0 amide bonds. The van der Waals surface area contributed by atoms with Crippen molar-refractivity contribution in [1.82, 2.24) is 15.6 Å². The number of nitrogens with zero attached hydrogens (tertiary/aromatic N) is 1. The van der Waals surface area contributed by atoms with Crippen LogP contribution in [-0.4, -0.2) is 4.98 Å². The molecule has 9 aromatic carbocycles. The highest BCUT2D eigenvalue weighted by atomic mass is 15.2. The molecule has 1 aromatic heterocycles. The fraction of sp³-hybridized carbons (Fsp3) is 0.0364. The molecule has 0 radical (unpaired) electrons. The van der Waals surface area contributed by atoms with Gasteiger partial charge in [0.05, 0.1) is 6.04 Å². The van der Waals surface area contributed by atoms with Gasteiger partial charge in [0.25, 0.3) is 0 Å². The first kappa shape index (κ1) is 34.0. The smallest absolute Gasteiger partial charge is 0.104 e. The number of fused-ring (bicyclic) bond motifs is 5. The van der Waals surface area contributed by atoms with Crippen LogP contribution in [0.25, 0.3) is 82.2 Å². The summed E-state index contributed by atoms with van der Waals surface area (Å²) < 4.78 is 0. The molecule has 2 unspecified atom stereocenters. The van der Waals surface area contributed by atoms with Crippen molar-refractivity contribution in [1.29, 1.82) is 0 Å². The molecule has 0 saturated heterocycles. The van der Waals surface area contributed by atoms with E-state index in [-0.39, 0.29) is 12.2 Å². The van der Waals surface area contributed by atoms with Gasteiger partial charge in [-0.1, -0.05) is 170 Å². The van der Waals surface area contributed by atoms with Crippen LogP contribution in [-0.2, 0) is 0 Å². The highest BCUT2D eigenvalue weighted by Crippen LogP contribution is 2.44. The Morgan fingerprint density at radius 1 is 0.397 bits per heavy atom. The van der Waals surface area contributed by atoms with E-state index >= 15 is 0 Å². The number of hydrogen-bond donors (Lipinski definition) is 2. The van der Waals surface area contributed by atoms with Gasteiger partial charge in [-0.15, -0.1) is 0 Å². The Labute approximate surface area is 338 Å². The van der Waals surface area contributed by atoms with E-state index in [1.165, 1.54) is 82.0 Å². The molecule has 10 aromatic rings. The second kappa shape index (κ2) is 14.3. The van der Waals surface area contributed by atoms with Crippen molar-refractivity contribution < 1.29 is 0 Å². The van der Waals surface area contributed by atoms with Gasteiger partial charge in [0.1, 0.15) is 6.17 Å². The zero-order valence-corrected chi connectivity index (χ0v) is 31.8. The van der Waals surface area contributed by atoms with Gasteiger partial charge in [-0.25, -0.2) is 0 Å². The van der Waals surface area contributed by atoms with Crippen LogP contribution < -0.4 is 10.6 Å². The van der Waals surface area contributed by atoms with Gasteiger partial charge >= 0.3 is 0 Å². The molecule has 2 heterocycles. The number of pyridine rings is 1. The van der Waals surface area contributed by atoms with E-state index in [9.17, 15) is 0 Å². The molecule has 2 N–H and O–H groups in total. The summed E-state index contributed by atoms with van der Waals surface area (Å²) >= 11 is 0. The van der Waals surface area contributed by atoms with Crippen LogP contribution in [0, 0.1) is 0 Å². The summed E-state index contributed by atoms with van der Waals surface area (Å²) in [5.74, 6) is 0. The average Bonchev–Trinajstić information content (AvgIpc) is 3.31. The van der Waals surface area contributed by atoms with Gasteiger partial charge in [-0.05, 0) is 118 Å². The van der Waals surface area contributed by atoms with Crippen LogP contribution in [0.3, 0.4) is 0 Å². The topological polar surface area (TPSA) is 37.0 Å². The molecule has 1 aliphatic rings.